The fourth-order valence-corrected chi connectivity index (χ4v) is 7.19. The van der Waals surface area contributed by atoms with Crippen LogP contribution in [0.2, 0.25) is 0 Å². The largest absolute Gasteiger partial charge is 0.389 e. The predicted molar refractivity (Wildman–Crippen MR) is 97.6 cm³/mol. The van der Waals surface area contributed by atoms with Crippen molar-refractivity contribution in [2.75, 3.05) is 7.11 Å². The third kappa shape index (κ3) is 2.37. The molecule has 3 saturated carbocycles. The van der Waals surface area contributed by atoms with E-state index in [2.05, 4.69) is 26.0 Å². The van der Waals surface area contributed by atoms with Crippen LogP contribution in [0.15, 0.2) is 23.3 Å². The summed E-state index contributed by atoms with van der Waals surface area (Å²) >= 11 is 0. The van der Waals surface area contributed by atoms with E-state index in [0.29, 0.717) is 17.8 Å². The first-order chi connectivity index (χ1) is 11.9. The number of aliphatic hydroxyl groups excluding tert-OH is 1. The molecule has 0 amide bonds. The Hall–Kier alpha value is -1.11. The standard InChI is InChI=1S/C22H31NO2/c1-21-10-8-16(24)12-15(21)4-6-17-18-7-5-14(9-11-23)22(18,2)13-19(25-3)20(17)21/h9,12,16-20,24H,4-8,10,13H2,1-3H3/b14-9-/t16-,17+,18+,19+,20-,21+,22-/m1/s1. The molecule has 3 fully saturated rings. The van der Waals surface area contributed by atoms with E-state index in [-0.39, 0.29) is 23.0 Å². The fraction of sp³-hybridized carbons (Fsp3) is 0.773. The van der Waals surface area contributed by atoms with Gasteiger partial charge in [-0.2, -0.15) is 5.26 Å². The van der Waals surface area contributed by atoms with Crippen LogP contribution in [0.5, 0.6) is 0 Å². The lowest BCUT2D eigenvalue weighted by molar-refractivity contribution is -0.126. The summed E-state index contributed by atoms with van der Waals surface area (Å²) in [7, 11) is 1.87. The van der Waals surface area contributed by atoms with Crippen LogP contribution in [0.25, 0.3) is 0 Å². The highest BCUT2D eigenvalue weighted by atomic mass is 16.5. The van der Waals surface area contributed by atoms with Gasteiger partial charge in [-0.25, -0.2) is 0 Å². The Bertz CT molecular complexity index is 659. The predicted octanol–water partition coefficient (Wildman–Crippen LogP) is 4.38. The number of allylic oxidation sites excluding steroid dienone is 3. The molecule has 0 aromatic heterocycles. The molecule has 0 bridgehead atoms. The van der Waals surface area contributed by atoms with E-state index in [1.165, 1.54) is 24.0 Å². The van der Waals surface area contributed by atoms with Crippen molar-refractivity contribution in [1.82, 2.24) is 0 Å². The lowest BCUT2D eigenvalue weighted by Gasteiger charge is -2.60. The minimum absolute atomic E-state index is 0.128. The highest BCUT2D eigenvalue weighted by molar-refractivity contribution is 5.32. The zero-order valence-corrected chi connectivity index (χ0v) is 15.8. The van der Waals surface area contributed by atoms with Crippen LogP contribution in [-0.4, -0.2) is 24.4 Å². The van der Waals surface area contributed by atoms with Crippen molar-refractivity contribution in [2.45, 2.75) is 71.0 Å². The van der Waals surface area contributed by atoms with Gasteiger partial charge in [-0.15, -0.1) is 0 Å². The summed E-state index contributed by atoms with van der Waals surface area (Å²) in [6.45, 7) is 4.81. The summed E-state index contributed by atoms with van der Waals surface area (Å²) in [6, 6.07) is 2.29. The second-order valence-corrected chi connectivity index (χ2v) is 9.28. The average Bonchev–Trinajstić information content (AvgIpc) is 2.91. The monoisotopic (exact) mass is 341 g/mol. The molecule has 4 aliphatic rings. The second kappa shape index (κ2) is 5.96. The summed E-state index contributed by atoms with van der Waals surface area (Å²) in [5.41, 5.74) is 3.13. The van der Waals surface area contributed by atoms with E-state index >= 15 is 0 Å². The normalized spacial score (nSPS) is 50.4. The molecule has 4 rings (SSSR count). The number of nitriles is 1. The van der Waals surface area contributed by atoms with Crippen LogP contribution < -0.4 is 0 Å². The van der Waals surface area contributed by atoms with E-state index < -0.39 is 0 Å². The lowest BCUT2D eigenvalue weighted by atomic mass is 9.46. The Balaban J connectivity index is 1.75. The molecule has 0 saturated heterocycles. The SMILES string of the molecule is CO[C@H]1C[C@]2(C)/C(=C\C#N)CC[C@H]2[C@@H]2CCC3=C[C@H](O)CC[C@]3(C)[C@H]21. The van der Waals surface area contributed by atoms with E-state index in [0.717, 1.165) is 32.1 Å². The Labute approximate surface area is 151 Å². The van der Waals surface area contributed by atoms with Gasteiger partial charge in [0.15, 0.2) is 0 Å². The summed E-state index contributed by atoms with van der Waals surface area (Å²) in [5, 5.41) is 19.3. The Morgan fingerprint density at radius 3 is 2.76 bits per heavy atom. The highest BCUT2D eigenvalue weighted by Gasteiger charge is 2.61. The molecular weight excluding hydrogens is 310 g/mol. The van der Waals surface area contributed by atoms with E-state index in [1.807, 2.05) is 13.2 Å². The fourth-order valence-electron chi connectivity index (χ4n) is 7.19. The molecule has 136 valence electrons. The number of hydrogen-bond donors (Lipinski definition) is 1. The molecule has 25 heavy (non-hydrogen) atoms. The number of ether oxygens (including phenoxy) is 1. The van der Waals surface area contributed by atoms with Gasteiger partial charge in [-0.3, -0.25) is 0 Å². The van der Waals surface area contributed by atoms with Gasteiger partial charge in [-0.1, -0.05) is 31.1 Å². The number of nitrogens with zero attached hydrogens (tertiary/aromatic N) is 1. The van der Waals surface area contributed by atoms with Gasteiger partial charge >= 0.3 is 0 Å². The van der Waals surface area contributed by atoms with Crippen molar-refractivity contribution >= 4 is 0 Å². The minimum Gasteiger partial charge on any atom is -0.389 e. The number of hydrogen-bond acceptors (Lipinski definition) is 3. The summed E-state index contributed by atoms with van der Waals surface area (Å²) in [6.07, 6.45) is 11.6. The van der Waals surface area contributed by atoms with Gasteiger partial charge in [-0.05, 0) is 73.5 Å². The quantitative estimate of drug-likeness (QED) is 0.568. The molecule has 0 radical (unpaired) electrons. The maximum absolute atomic E-state index is 10.1. The molecule has 3 heteroatoms. The van der Waals surface area contributed by atoms with Gasteiger partial charge in [0.1, 0.15) is 0 Å². The number of methoxy groups -OCH3 is 1. The molecule has 4 aliphatic carbocycles. The minimum atomic E-state index is -0.258. The van der Waals surface area contributed by atoms with Crippen LogP contribution in [0.4, 0.5) is 0 Å². The van der Waals surface area contributed by atoms with Crippen LogP contribution in [0.3, 0.4) is 0 Å². The van der Waals surface area contributed by atoms with Crippen molar-refractivity contribution in [3.05, 3.63) is 23.3 Å². The van der Waals surface area contributed by atoms with Crippen molar-refractivity contribution in [3.63, 3.8) is 0 Å². The average molecular weight is 341 g/mol. The Morgan fingerprint density at radius 1 is 1.24 bits per heavy atom. The maximum atomic E-state index is 10.1. The third-order valence-electron chi connectivity index (χ3n) is 8.39. The van der Waals surface area contributed by atoms with Crippen molar-refractivity contribution in [2.24, 2.45) is 28.6 Å². The Kier molecular flexibility index (Phi) is 4.13. The van der Waals surface area contributed by atoms with Crippen LogP contribution >= 0.6 is 0 Å². The first-order valence-electron chi connectivity index (χ1n) is 9.95. The van der Waals surface area contributed by atoms with Gasteiger partial charge in [0.05, 0.1) is 18.3 Å². The second-order valence-electron chi connectivity index (χ2n) is 9.28. The molecule has 7 atom stereocenters. The first-order valence-corrected chi connectivity index (χ1v) is 9.95. The maximum Gasteiger partial charge on any atom is 0.0911 e. The van der Waals surface area contributed by atoms with Crippen molar-refractivity contribution < 1.29 is 9.84 Å². The topological polar surface area (TPSA) is 53.2 Å². The third-order valence-corrected chi connectivity index (χ3v) is 8.39. The molecule has 0 aliphatic heterocycles. The van der Waals surface area contributed by atoms with E-state index in [4.69, 9.17) is 4.74 Å². The number of aliphatic hydroxyl groups is 1. The molecule has 0 unspecified atom stereocenters. The van der Waals surface area contributed by atoms with Crippen LogP contribution in [0, 0.1) is 39.9 Å². The Morgan fingerprint density at radius 2 is 2.04 bits per heavy atom. The number of fused-ring (bicyclic) bond motifs is 5. The molecule has 3 nitrogen and oxygen atoms in total. The van der Waals surface area contributed by atoms with Crippen LogP contribution in [-0.2, 0) is 4.74 Å². The summed E-state index contributed by atoms with van der Waals surface area (Å²) in [4.78, 5) is 0. The zero-order chi connectivity index (χ0) is 17.8. The molecule has 0 aromatic carbocycles. The molecular formula is C22H31NO2. The highest BCUT2D eigenvalue weighted by Crippen LogP contribution is 2.66. The first kappa shape index (κ1) is 17.3. The van der Waals surface area contributed by atoms with Gasteiger partial charge in [0.2, 0.25) is 0 Å². The summed E-state index contributed by atoms with van der Waals surface area (Å²) in [5.74, 6) is 1.89. The molecule has 1 N–H and O–H groups in total. The molecule has 0 heterocycles. The molecule has 0 spiro atoms. The van der Waals surface area contributed by atoms with Crippen molar-refractivity contribution in [3.8, 4) is 6.07 Å². The van der Waals surface area contributed by atoms with Crippen LogP contribution in [0.1, 0.15) is 58.8 Å². The zero-order valence-electron chi connectivity index (χ0n) is 15.8. The summed E-state index contributed by atoms with van der Waals surface area (Å²) < 4.78 is 6.10. The molecule has 0 aromatic rings. The number of rotatable bonds is 1. The van der Waals surface area contributed by atoms with Gasteiger partial charge < -0.3 is 9.84 Å². The van der Waals surface area contributed by atoms with Crippen molar-refractivity contribution in [1.29, 1.82) is 5.26 Å². The van der Waals surface area contributed by atoms with E-state index in [9.17, 15) is 10.4 Å². The van der Waals surface area contributed by atoms with E-state index in [1.54, 1.807) is 0 Å². The lowest BCUT2D eigenvalue weighted by Crippen LogP contribution is -2.56. The van der Waals surface area contributed by atoms with Gasteiger partial charge in [0.25, 0.3) is 0 Å². The smallest absolute Gasteiger partial charge is 0.0911 e. The van der Waals surface area contributed by atoms with Gasteiger partial charge in [0, 0.05) is 13.2 Å².